The summed E-state index contributed by atoms with van der Waals surface area (Å²) in [5.41, 5.74) is 1.09. The van der Waals surface area contributed by atoms with Crippen molar-refractivity contribution in [1.29, 1.82) is 0 Å². The van der Waals surface area contributed by atoms with E-state index < -0.39 is 0 Å². The predicted molar refractivity (Wildman–Crippen MR) is 75.3 cm³/mol. The molecule has 0 aliphatic rings. The minimum absolute atomic E-state index is 0.378. The molecule has 0 unspecified atom stereocenters. The first-order valence-electron chi connectivity index (χ1n) is 6.42. The molecule has 0 aliphatic carbocycles. The van der Waals surface area contributed by atoms with Crippen molar-refractivity contribution >= 4 is 11.6 Å². The molecule has 0 saturated heterocycles. The molecule has 0 aromatic carbocycles. The molecule has 1 heterocycles. The van der Waals surface area contributed by atoms with Gasteiger partial charge in [0, 0.05) is 31.8 Å². The number of rotatable bonds is 7. The van der Waals surface area contributed by atoms with E-state index in [1.165, 1.54) is 0 Å². The Labute approximate surface area is 110 Å². The molecule has 1 N–H and O–H groups in total. The van der Waals surface area contributed by atoms with Crippen molar-refractivity contribution < 1.29 is 4.74 Å². The van der Waals surface area contributed by atoms with Crippen molar-refractivity contribution in [2.75, 3.05) is 37.0 Å². The van der Waals surface area contributed by atoms with Gasteiger partial charge in [-0.2, -0.15) is 0 Å². The number of ether oxygens (including phenoxy) is 1. The summed E-state index contributed by atoms with van der Waals surface area (Å²) in [7, 11) is 1.72. The molecule has 0 aliphatic heterocycles. The fraction of sp³-hybridized carbons (Fsp3) is 0.692. The molecular formula is C13H24N4O. The normalized spacial score (nSPS) is 10.8. The lowest BCUT2D eigenvalue weighted by Gasteiger charge is -2.29. The molecule has 0 radical (unpaired) electrons. The van der Waals surface area contributed by atoms with Gasteiger partial charge in [0.15, 0.2) is 0 Å². The second kappa shape index (κ2) is 7.16. The van der Waals surface area contributed by atoms with Crippen molar-refractivity contribution in [3.05, 3.63) is 11.9 Å². The summed E-state index contributed by atoms with van der Waals surface area (Å²) in [5, 5.41) is 3.26. The van der Waals surface area contributed by atoms with E-state index in [4.69, 9.17) is 4.74 Å². The standard InChI is InChI=1S/C13H24N4O/c1-6-14-12-11(4)13(16-9-15-12)17(10(2)3)7-8-18-5/h9-10H,6-8H2,1-5H3,(H,14,15,16). The van der Waals surface area contributed by atoms with E-state index in [2.05, 4.69) is 47.9 Å². The molecule has 0 saturated carbocycles. The highest BCUT2D eigenvalue weighted by Gasteiger charge is 2.16. The molecule has 5 nitrogen and oxygen atoms in total. The van der Waals surface area contributed by atoms with Crippen molar-refractivity contribution in [2.45, 2.75) is 33.7 Å². The first kappa shape index (κ1) is 14.7. The van der Waals surface area contributed by atoms with Gasteiger partial charge in [-0.05, 0) is 27.7 Å². The Kier molecular flexibility index (Phi) is 5.85. The summed E-state index contributed by atoms with van der Waals surface area (Å²) < 4.78 is 5.16. The monoisotopic (exact) mass is 252 g/mol. The number of hydrogen-bond acceptors (Lipinski definition) is 5. The molecule has 5 heteroatoms. The lowest BCUT2D eigenvalue weighted by molar-refractivity contribution is 0.203. The fourth-order valence-electron chi connectivity index (χ4n) is 1.87. The SMILES string of the molecule is CCNc1ncnc(N(CCOC)C(C)C)c1C. The third-order valence-electron chi connectivity index (χ3n) is 2.83. The van der Waals surface area contributed by atoms with Crippen molar-refractivity contribution in [1.82, 2.24) is 9.97 Å². The Morgan fingerprint density at radius 3 is 2.67 bits per heavy atom. The van der Waals surface area contributed by atoms with Gasteiger partial charge in [-0.15, -0.1) is 0 Å². The van der Waals surface area contributed by atoms with Crippen LogP contribution in [0.25, 0.3) is 0 Å². The van der Waals surface area contributed by atoms with E-state index in [1.807, 2.05) is 0 Å². The summed E-state index contributed by atoms with van der Waals surface area (Å²) in [6, 6.07) is 0.378. The summed E-state index contributed by atoms with van der Waals surface area (Å²) in [6.45, 7) is 10.8. The van der Waals surface area contributed by atoms with Gasteiger partial charge in [0.1, 0.15) is 18.0 Å². The molecule has 0 fully saturated rings. The Hall–Kier alpha value is -1.36. The van der Waals surface area contributed by atoms with Gasteiger partial charge < -0.3 is 15.0 Å². The summed E-state index contributed by atoms with van der Waals surface area (Å²) in [4.78, 5) is 10.9. The number of nitrogens with zero attached hydrogens (tertiary/aromatic N) is 3. The second-order valence-electron chi connectivity index (χ2n) is 4.48. The van der Waals surface area contributed by atoms with Gasteiger partial charge in [-0.25, -0.2) is 9.97 Å². The van der Waals surface area contributed by atoms with E-state index in [0.29, 0.717) is 12.6 Å². The average Bonchev–Trinajstić information content (AvgIpc) is 2.34. The molecule has 0 amide bonds. The highest BCUT2D eigenvalue weighted by molar-refractivity contribution is 5.58. The number of aromatic nitrogens is 2. The Morgan fingerprint density at radius 1 is 1.39 bits per heavy atom. The number of nitrogens with one attached hydrogen (secondary N) is 1. The van der Waals surface area contributed by atoms with Crippen LogP contribution in [0.2, 0.25) is 0 Å². The molecule has 0 spiro atoms. The summed E-state index contributed by atoms with van der Waals surface area (Å²) in [5.74, 6) is 1.89. The van der Waals surface area contributed by atoms with E-state index in [9.17, 15) is 0 Å². The van der Waals surface area contributed by atoms with Gasteiger partial charge in [-0.1, -0.05) is 0 Å². The second-order valence-corrected chi connectivity index (χ2v) is 4.48. The van der Waals surface area contributed by atoms with Gasteiger partial charge in [-0.3, -0.25) is 0 Å². The van der Waals surface area contributed by atoms with Gasteiger partial charge in [0.25, 0.3) is 0 Å². The van der Waals surface area contributed by atoms with Crippen molar-refractivity contribution in [3.8, 4) is 0 Å². The average molecular weight is 252 g/mol. The molecule has 1 aromatic heterocycles. The van der Waals surface area contributed by atoms with E-state index in [-0.39, 0.29) is 0 Å². The van der Waals surface area contributed by atoms with Crippen LogP contribution in [-0.2, 0) is 4.74 Å². The zero-order valence-electron chi connectivity index (χ0n) is 12.0. The number of anilines is 2. The van der Waals surface area contributed by atoms with Crippen LogP contribution >= 0.6 is 0 Å². The first-order chi connectivity index (χ1) is 8.61. The van der Waals surface area contributed by atoms with Crippen LogP contribution in [0.15, 0.2) is 6.33 Å². The van der Waals surface area contributed by atoms with Crippen LogP contribution in [0.4, 0.5) is 11.6 Å². The molecule has 0 atom stereocenters. The van der Waals surface area contributed by atoms with Crippen LogP contribution < -0.4 is 10.2 Å². The minimum atomic E-state index is 0.378. The van der Waals surface area contributed by atoms with Crippen LogP contribution in [-0.4, -0.2) is 42.8 Å². The summed E-state index contributed by atoms with van der Waals surface area (Å²) in [6.07, 6.45) is 1.61. The smallest absolute Gasteiger partial charge is 0.137 e. The highest BCUT2D eigenvalue weighted by Crippen LogP contribution is 2.23. The topological polar surface area (TPSA) is 50.3 Å². The molecule has 18 heavy (non-hydrogen) atoms. The Balaban J connectivity index is 3.00. The summed E-state index contributed by atoms with van der Waals surface area (Å²) >= 11 is 0. The van der Waals surface area contributed by atoms with E-state index in [1.54, 1.807) is 13.4 Å². The largest absolute Gasteiger partial charge is 0.383 e. The van der Waals surface area contributed by atoms with Crippen LogP contribution in [0.1, 0.15) is 26.3 Å². The molecule has 102 valence electrons. The molecular weight excluding hydrogens is 228 g/mol. The zero-order chi connectivity index (χ0) is 13.5. The van der Waals surface area contributed by atoms with Crippen LogP contribution in [0.3, 0.4) is 0 Å². The van der Waals surface area contributed by atoms with E-state index in [0.717, 1.165) is 30.3 Å². The van der Waals surface area contributed by atoms with Crippen LogP contribution in [0, 0.1) is 6.92 Å². The number of methoxy groups -OCH3 is 1. The highest BCUT2D eigenvalue weighted by atomic mass is 16.5. The fourth-order valence-corrected chi connectivity index (χ4v) is 1.87. The van der Waals surface area contributed by atoms with Crippen LogP contribution in [0.5, 0.6) is 0 Å². The van der Waals surface area contributed by atoms with Gasteiger partial charge in [0.05, 0.1) is 6.61 Å². The third kappa shape index (κ3) is 3.57. The van der Waals surface area contributed by atoms with E-state index >= 15 is 0 Å². The quantitative estimate of drug-likeness (QED) is 0.805. The maximum absolute atomic E-state index is 5.16. The third-order valence-corrected chi connectivity index (χ3v) is 2.83. The zero-order valence-corrected chi connectivity index (χ0v) is 12.0. The Morgan fingerprint density at radius 2 is 2.11 bits per heavy atom. The Bertz CT molecular complexity index is 368. The predicted octanol–water partition coefficient (Wildman–Crippen LogP) is 2.08. The molecule has 0 bridgehead atoms. The molecule has 1 rings (SSSR count). The minimum Gasteiger partial charge on any atom is -0.383 e. The molecule has 1 aromatic rings. The van der Waals surface area contributed by atoms with Gasteiger partial charge in [0.2, 0.25) is 0 Å². The lowest BCUT2D eigenvalue weighted by atomic mass is 10.2. The van der Waals surface area contributed by atoms with Gasteiger partial charge >= 0.3 is 0 Å². The first-order valence-corrected chi connectivity index (χ1v) is 6.42. The maximum atomic E-state index is 5.16. The number of hydrogen-bond donors (Lipinski definition) is 1. The van der Waals surface area contributed by atoms with Crippen molar-refractivity contribution in [2.24, 2.45) is 0 Å². The van der Waals surface area contributed by atoms with Crippen molar-refractivity contribution in [3.63, 3.8) is 0 Å². The maximum Gasteiger partial charge on any atom is 0.137 e. The lowest BCUT2D eigenvalue weighted by Crippen LogP contribution is -2.35.